The van der Waals surface area contributed by atoms with E-state index in [1.165, 1.54) is 5.56 Å². The molecular formula is C15H15N5. The molecule has 3 rings (SSSR count). The van der Waals surface area contributed by atoms with Crippen molar-refractivity contribution in [2.75, 3.05) is 5.73 Å². The van der Waals surface area contributed by atoms with Gasteiger partial charge in [0.05, 0.1) is 22.9 Å². The van der Waals surface area contributed by atoms with Crippen molar-refractivity contribution >= 4 is 22.9 Å². The molecule has 0 atom stereocenters. The number of imidazole rings is 1. The monoisotopic (exact) mass is 265 g/mol. The van der Waals surface area contributed by atoms with Gasteiger partial charge in [-0.1, -0.05) is 12.1 Å². The first-order valence-electron chi connectivity index (χ1n) is 6.39. The Morgan fingerprint density at radius 3 is 2.90 bits per heavy atom. The molecule has 0 spiro atoms. The largest absolute Gasteiger partial charge is 0.382 e. The number of aromatic nitrogens is 4. The van der Waals surface area contributed by atoms with Crippen LogP contribution in [0, 0.1) is 6.92 Å². The number of aromatic amines is 1. The maximum absolute atomic E-state index is 5.91. The molecule has 0 saturated carbocycles. The molecule has 20 heavy (non-hydrogen) atoms. The van der Waals surface area contributed by atoms with Gasteiger partial charge in [-0.25, -0.2) is 15.0 Å². The molecule has 2 aromatic heterocycles. The number of allylic oxidation sites excluding steroid dienone is 1. The summed E-state index contributed by atoms with van der Waals surface area (Å²) in [6.07, 6.45) is 5.43. The van der Waals surface area contributed by atoms with E-state index in [4.69, 9.17) is 5.73 Å². The molecule has 100 valence electrons. The number of benzene rings is 1. The number of H-pyrrole nitrogens is 1. The number of fused-ring (bicyclic) bond motifs is 1. The number of nitrogens with zero attached hydrogens (tertiary/aromatic N) is 3. The first-order chi connectivity index (χ1) is 9.67. The predicted molar refractivity (Wildman–Crippen MR) is 81.0 cm³/mol. The fourth-order valence-electron chi connectivity index (χ4n) is 2.07. The summed E-state index contributed by atoms with van der Waals surface area (Å²) in [6, 6.07) is 6.05. The molecular weight excluding hydrogens is 250 g/mol. The van der Waals surface area contributed by atoms with E-state index in [-0.39, 0.29) is 0 Å². The molecule has 0 radical (unpaired) electrons. The molecule has 5 heteroatoms. The minimum absolute atomic E-state index is 0.369. The molecule has 0 saturated heterocycles. The van der Waals surface area contributed by atoms with Crippen LogP contribution in [-0.4, -0.2) is 19.9 Å². The Kier molecular flexibility index (Phi) is 2.95. The van der Waals surface area contributed by atoms with Gasteiger partial charge in [-0.15, -0.1) is 0 Å². The summed E-state index contributed by atoms with van der Waals surface area (Å²) in [5.74, 6) is 1.01. The van der Waals surface area contributed by atoms with Gasteiger partial charge in [-0.05, 0) is 37.6 Å². The van der Waals surface area contributed by atoms with Gasteiger partial charge >= 0.3 is 0 Å². The number of nitrogens with two attached hydrogens (primary N) is 1. The van der Waals surface area contributed by atoms with E-state index in [1.807, 2.05) is 44.2 Å². The smallest absolute Gasteiger partial charge is 0.161 e. The normalized spacial score (nSPS) is 11.5. The topological polar surface area (TPSA) is 80.5 Å². The second-order valence-electron chi connectivity index (χ2n) is 4.63. The molecule has 1 aromatic carbocycles. The van der Waals surface area contributed by atoms with Crippen LogP contribution in [0.25, 0.3) is 28.6 Å². The number of nitrogen functional groups attached to an aromatic ring is 1. The van der Waals surface area contributed by atoms with E-state index >= 15 is 0 Å². The van der Waals surface area contributed by atoms with Crippen LogP contribution >= 0.6 is 0 Å². The highest BCUT2D eigenvalue weighted by Gasteiger charge is 2.11. The maximum atomic E-state index is 5.91. The molecule has 0 amide bonds. The Balaban J connectivity index is 2.16. The lowest BCUT2D eigenvalue weighted by atomic mass is 10.2. The standard InChI is InChI=1S/C15H15N5/c1-3-4-10-8-17-14(16)13(18-10)15-19-11-6-5-9(2)7-12(11)20-15/h3-8H,1-2H3,(H2,16,17)(H,19,20)/b4-3+. The van der Waals surface area contributed by atoms with E-state index in [2.05, 4.69) is 19.9 Å². The molecule has 5 nitrogen and oxygen atoms in total. The Hall–Kier alpha value is -2.69. The minimum atomic E-state index is 0.369. The minimum Gasteiger partial charge on any atom is -0.382 e. The second-order valence-corrected chi connectivity index (χ2v) is 4.63. The van der Waals surface area contributed by atoms with Crippen molar-refractivity contribution < 1.29 is 0 Å². The molecule has 0 aliphatic carbocycles. The van der Waals surface area contributed by atoms with Crippen molar-refractivity contribution in [3.8, 4) is 11.5 Å². The quantitative estimate of drug-likeness (QED) is 0.746. The Morgan fingerprint density at radius 2 is 2.10 bits per heavy atom. The van der Waals surface area contributed by atoms with Crippen LogP contribution < -0.4 is 5.73 Å². The first kappa shape index (κ1) is 12.3. The van der Waals surface area contributed by atoms with Crippen LogP contribution in [0.2, 0.25) is 0 Å². The van der Waals surface area contributed by atoms with Crippen molar-refractivity contribution in [2.24, 2.45) is 0 Å². The van der Waals surface area contributed by atoms with Crippen LogP contribution in [0.3, 0.4) is 0 Å². The first-order valence-corrected chi connectivity index (χ1v) is 6.39. The van der Waals surface area contributed by atoms with Gasteiger partial charge in [0.2, 0.25) is 0 Å². The van der Waals surface area contributed by atoms with Crippen molar-refractivity contribution in [2.45, 2.75) is 13.8 Å². The van der Waals surface area contributed by atoms with E-state index in [9.17, 15) is 0 Å². The third-order valence-corrected chi connectivity index (χ3v) is 3.02. The van der Waals surface area contributed by atoms with Gasteiger partial charge in [0.15, 0.2) is 11.6 Å². The molecule has 3 N–H and O–H groups in total. The zero-order valence-electron chi connectivity index (χ0n) is 11.4. The third-order valence-electron chi connectivity index (χ3n) is 3.02. The van der Waals surface area contributed by atoms with Crippen LogP contribution in [0.15, 0.2) is 30.5 Å². The number of hydrogen-bond donors (Lipinski definition) is 2. The van der Waals surface area contributed by atoms with E-state index in [1.54, 1.807) is 6.20 Å². The Bertz CT molecular complexity index is 801. The molecule has 0 fully saturated rings. The average molecular weight is 265 g/mol. The number of anilines is 1. The number of aryl methyl sites for hydroxylation is 1. The fourth-order valence-corrected chi connectivity index (χ4v) is 2.07. The molecule has 3 aromatic rings. The van der Waals surface area contributed by atoms with E-state index in [0.29, 0.717) is 17.3 Å². The number of hydrogen-bond acceptors (Lipinski definition) is 4. The summed E-state index contributed by atoms with van der Waals surface area (Å²) < 4.78 is 0. The summed E-state index contributed by atoms with van der Waals surface area (Å²) in [5, 5.41) is 0. The molecule has 0 aliphatic heterocycles. The zero-order valence-corrected chi connectivity index (χ0v) is 11.4. The van der Waals surface area contributed by atoms with Gasteiger partial charge in [0.25, 0.3) is 0 Å². The zero-order chi connectivity index (χ0) is 14.1. The van der Waals surface area contributed by atoms with Crippen LogP contribution in [-0.2, 0) is 0 Å². The summed E-state index contributed by atoms with van der Waals surface area (Å²) >= 11 is 0. The number of rotatable bonds is 2. The lowest BCUT2D eigenvalue weighted by Gasteiger charge is -2.01. The maximum Gasteiger partial charge on any atom is 0.161 e. The Morgan fingerprint density at radius 1 is 1.25 bits per heavy atom. The summed E-state index contributed by atoms with van der Waals surface area (Å²) in [6.45, 7) is 3.97. The van der Waals surface area contributed by atoms with Crippen molar-refractivity contribution in [1.29, 1.82) is 0 Å². The summed E-state index contributed by atoms with van der Waals surface area (Å²) in [5.41, 5.74) is 10.3. The lowest BCUT2D eigenvalue weighted by Crippen LogP contribution is -1.99. The predicted octanol–water partition coefficient (Wildman–Crippen LogP) is 2.94. The van der Waals surface area contributed by atoms with Crippen molar-refractivity contribution in [3.63, 3.8) is 0 Å². The van der Waals surface area contributed by atoms with E-state index in [0.717, 1.165) is 16.7 Å². The second kappa shape index (κ2) is 4.77. The fraction of sp³-hybridized carbons (Fsp3) is 0.133. The van der Waals surface area contributed by atoms with Crippen LogP contribution in [0.4, 0.5) is 5.82 Å². The highest BCUT2D eigenvalue weighted by molar-refractivity contribution is 5.81. The van der Waals surface area contributed by atoms with Gasteiger partial charge in [-0.2, -0.15) is 0 Å². The molecule has 0 aliphatic rings. The summed E-state index contributed by atoms with van der Waals surface area (Å²) in [4.78, 5) is 16.4. The lowest BCUT2D eigenvalue weighted by molar-refractivity contribution is 1.16. The van der Waals surface area contributed by atoms with Crippen molar-refractivity contribution in [1.82, 2.24) is 19.9 Å². The van der Waals surface area contributed by atoms with Gasteiger partial charge in [0, 0.05) is 0 Å². The highest BCUT2D eigenvalue weighted by atomic mass is 15.0. The highest BCUT2D eigenvalue weighted by Crippen LogP contribution is 2.23. The van der Waals surface area contributed by atoms with Crippen LogP contribution in [0.1, 0.15) is 18.2 Å². The molecule has 0 unspecified atom stereocenters. The van der Waals surface area contributed by atoms with Gasteiger partial charge < -0.3 is 10.7 Å². The van der Waals surface area contributed by atoms with Gasteiger partial charge in [-0.3, -0.25) is 0 Å². The van der Waals surface area contributed by atoms with Gasteiger partial charge in [0.1, 0.15) is 5.69 Å². The number of nitrogens with one attached hydrogen (secondary N) is 1. The van der Waals surface area contributed by atoms with Crippen LogP contribution in [0.5, 0.6) is 0 Å². The summed E-state index contributed by atoms with van der Waals surface area (Å²) in [7, 11) is 0. The SMILES string of the molecule is C/C=C/c1cnc(N)c(-c2nc3ccc(C)cc3[nH]2)n1. The Labute approximate surface area is 116 Å². The third kappa shape index (κ3) is 2.14. The van der Waals surface area contributed by atoms with E-state index < -0.39 is 0 Å². The average Bonchev–Trinajstić information content (AvgIpc) is 2.84. The van der Waals surface area contributed by atoms with Crippen molar-refractivity contribution in [3.05, 3.63) is 41.7 Å². The molecule has 0 bridgehead atoms. The molecule has 2 heterocycles.